The highest BCUT2D eigenvalue weighted by Crippen LogP contribution is 2.18. The first-order valence-electron chi connectivity index (χ1n) is 8.34. The number of hydrogen-bond donors (Lipinski definition) is 2. The lowest BCUT2D eigenvalue weighted by Crippen LogP contribution is -2.49. The molecule has 126 valence electrons. The van der Waals surface area contributed by atoms with Crippen LogP contribution in [-0.4, -0.2) is 42.9 Å². The monoisotopic (exact) mass is 317 g/mol. The summed E-state index contributed by atoms with van der Waals surface area (Å²) >= 11 is 0. The van der Waals surface area contributed by atoms with Crippen molar-refractivity contribution in [3.05, 3.63) is 29.3 Å². The Morgan fingerprint density at radius 1 is 1.22 bits per heavy atom. The quantitative estimate of drug-likeness (QED) is 0.875. The smallest absolute Gasteiger partial charge is 0.237 e. The molecule has 2 amide bonds. The van der Waals surface area contributed by atoms with Crippen LogP contribution < -0.4 is 10.6 Å². The molecule has 5 nitrogen and oxygen atoms in total. The molecular weight excluding hydrogens is 290 g/mol. The molecule has 0 spiro atoms. The third kappa shape index (κ3) is 4.79. The van der Waals surface area contributed by atoms with Crippen LogP contribution >= 0.6 is 0 Å². The molecule has 1 fully saturated rings. The summed E-state index contributed by atoms with van der Waals surface area (Å²) in [4.78, 5) is 26.2. The number of carbonyl (C=O) groups is 2. The number of benzene rings is 1. The minimum Gasteiger partial charge on any atom is -0.358 e. The highest BCUT2D eigenvalue weighted by atomic mass is 16.2. The number of amides is 2. The fraction of sp³-hybridized carbons (Fsp3) is 0.556. The van der Waals surface area contributed by atoms with E-state index in [1.165, 1.54) is 11.1 Å². The van der Waals surface area contributed by atoms with Gasteiger partial charge < -0.3 is 10.6 Å². The van der Waals surface area contributed by atoms with Crippen molar-refractivity contribution in [1.82, 2.24) is 10.2 Å². The van der Waals surface area contributed by atoms with Gasteiger partial charge in [-0.05, 0) is 56.5 Å². The number of carbonyl (C=O) groups excluding carboxylic acids is 2. The Morgan fingerprint density at radius 3 is 2.70 bits per heavy atom. The van der Waals surface area contributed by atoms with E-state index in [1.54, 1.807) is 7.05 Å². The third-order valence-corrected chi connectivity index (χ3v) is 4.58. The van der Waals surface area contributed by atoms with Crippen LogP contribution in [0.5, 0.6) is 0 Å². The third-order valence-electron chi connectivity index (χ3n) is 4.58. The highest BCUT2D eigenvalue weighted by Gasteiger charge is 2.27. The van der Waals surface area contributed by atoms with Gasteiger partial charge in [0.2, 0.25) is 11.8 Å². The summed E-state index contributed by atoms with van der Waals surface area (Å²) in [5.74, 6) is 0.0498. The minimum atomic E-state index is -0.0943. The van der Waals surface area contributed by atoms with E-state index >= 15 is 0 Å². The maximum Gasteiger partial charge on any atom is 0.237 e. The molecule has 0 saturated carbocycles. The van der Waals surface area contributed by atoms with Crippen LogP contribution in [0, 0.1) is 13.8 Å². The van der Waals surface area contributed by atoms with Gasteiger partial charge in [-0.3, -0.25) is 14.5 Å². The molecular formula is C18H27N3O2. The van der Waals surface area contributed by atoms with E-state index in [-0.39, 0.29) is 17.9 Å². The Kier molecular flexibility index (Phi) is 6.16. The zero-order chi connectivity index (χ0) is 16.8. The molecule has 1 heterocycles. The minimum absolute atomic E-state index is 0.00511. The summed E-state index contributed by atoms with van der Waals surface area (Å²) in [7, 11) is 1.67. The fourth-order valence-corrected chi connectivity index (χ4v) is 3.01. The Balaban J connectivity index is 1.87. The van der Waals surface area contributed by atoms with Crippen molar-refractivity contribution in [2.24, 2.45) is 0 Å². The summed E-state index contributed by atoms with van der Waals surface area (Å²) in [5.41, 5.74) is 3.21. The fourth-order valence-electron chi connectivity index (χ4n) is 3.01. The second-order valence-electron chi connectivity index (χ2n) is 6.26. The Morgan fingerprint density at radius 2 is 2.00 bits per heavy atom. The molecule has 2 N–H and O–H groups in total. The first-order chi connectivity index (χ1) is 11.0. The Hall–Kier alpha value is -1.88. The largest absolute Gasteiger partial charge is 0.358 e. The molecule has 1 aromatic carbocycles. The van der Waals surface area contributed by atoms with E-state index in [4.69, 9.17) is 0 Å². The lowest BCUT2D eigenvalue weighted by atomic mass is 10.0. The van der Waals surface area contributed by atoms with Crippen LogP contribution in [0.1, 0.15) is 36.8 Å². The van der Waals surface area contributed by atoms with Gasteiger partial charge >= 0.3 is 0 Å². The molecule has 0 radical (unpaired) electrons. The van der Waals surface area contributed by atoms with Crippen molar-refractivity contribution in [3.63, 3.8) is 0 Å². The van der Waals surface area contributed by atoms with Gasteiger partial charge in [-0.25, -0.2) is 0 Å². The zero-order valence-corrected chi connectivity index (χ0v) is 14.3. The molecule has 2 rings (SSSR count). The van der Waals surface area contributed by atoms with Gasteiger partial charge in [-0.15, -0.1) is 0 Å². The van der Waals surface area contributed by atoms with E-state index in [0.29, 0.717) is 13.0 Å². The normalized spacial score (nSPS) is 18.5. The van der Waals surface area contributed by atoms with Crippen LogP contribution in [-0.2, 0) is 9.59 Å². The topological polar surface area (TPSA) is 61.4 Å². The van der Waals surface area contributed by atoms with Crippen molar-refractivity contribution in [3.8, 4) is 0 Å². The number of nitrogens with zero attached hydrogens (tertiary/aromatic N) is 1. The number of hydrogen-bond acceptors (Lipinski definition) is 3. The average Bonchev–Trinajstić information content (AvgIpc) is 2.56. The molecule has 0 unspecified atom stereocenters. The molecule has 0 bridgehead atoms. The van der Waals surface area contributed by atoms with Gasteiger partial charge in [0, 0.05) is 25.7 Å². The lowest BCUT2D eigenvalue weighted by Gasteiger charge is -2.34. The molecule has 0 aliphatic carbocycles. The van der Waals surface area contributed by atoms with Crippen molar-refractivity contribution < 1.29 is 9.59 Å². The van der Waals surface area contributed by atoms with Crippen LogP contribution in [0.4, 0.5) is 5.69 Å². The number of nitrogens with one attached hydrogen (secondary N) is 2. The second-order valence-corrected chi connectivity index (χ2v) is 6.26. The summed E-state index contributed by atoms with van der Waals surface area (Å²) in [6.45, 7) is 5.59. The maximum absolute atomic E-state index is 12.2. The van der Waals surface area contributed by atoms with Gasteiger partial charge in [-0.1, -0.05) is 12.5 Å². The zero-order valence-electron chi connectivity index (χ0n) is 14.3. The van der Waals surface area contributed by atoms with E-state index in [9.17, 15) is 9.59 Å². The average molecular weight is 317 g/mol. The van der Waals surface area contributed by atoms with E-state index in [1.807, 2.05) is 25.1 Å². The SMILES string of the molecule is CNC(=O)[C@@H]1CCCCN1CCC(=O)Nc1ccc(C)c(C)c1. The van der Waals surface area contributed by atoms with Gasteiger partial charge in [0.25, 0.3) is 0 Å². The Bertz CT molecular complexity index is 571. The summed E-state index contributed by atoms with van der Waals surface area (Å²) in [6.07, 6.45) is 3.44. The molecule has 1 saturated heterocycles. The van der Waals surface area contributed by atoms with Gasteiger partial charge in [0.1, 0.15) is 0 Å². The first kappa shape index (κ1) is 17.5. The standard InChI is InChI=1S/C18H27N3O2/c1-13-7-8-15(12-14(13)2)20-17(22)9-11-21-10-5-4-6-16(21)18(23)19-3/h7-8,12,16H,4-6,9-11H2,1-3H3,(H,19,23)(H,20,22)/t16-/m0/s1. The van der Waals surface area contributed by atoms with Gasteiger partial charge in [-0.2, -0.15) is 0 Å². The molecule has 0 aromatic heterocycles. The number of piperidine rings is 1. The van der Waals surface area contributed by atoms with Crippen molar-refractivity contribution in [1.29, 1.82) is 0 Å². The van der Waals surface area contributed by atoms with Crippen molar-refractivity contribution >= 4 is 17.5 Å². The van der Waals surface area contributed by atoms with Crippen LogP contribution in [0.3, 0.4) is 0 Å². The molecule has 5 heteroatoms. The van der Waals surface area contributed by atoms with E-state index in [2.05, 4.69) is 22.5 Å². The number of likely N-dealkylation sites (N-methyl/N-ethyl adjacent to an activating group) is 1. The van der Waals surface area contributed by atoms with E-state index in [0.717, 1.165) is 31.5 Å². The van der Waals surface area contributed by atoms with Crippen molar-refractivity contribution in [2.45, 2.75) is 45.6 Å². The molecule has 1 atom stereocenters. The molecule has 1 aromatic rings. The summed E-state index contributed by atoms with van der Waals surface area (Å²) in [6, 6.07) is 5.83. The first-order valence-corrected chi connectivity index (χ1v) is 8.34. The lowest BCUT2D eigenvalue weighted by molar-refractivity contribution is -0.128. The summed E-state index contributed by atoms with van der Waals surface area (Å²) < 4.78 is 0. The van der Waals surface area contributed by atoms with Crippen molar-refractivity contribution in [2.75, 3.05) is 25.5 Å². The number of rotatable bonds is 5. The number of aryl methyl sites for hydroxylation is 2. The predicted molar refractivity (Wildman–Crippen MR) is 92.4 cm³/mol. The molecule has 23 heavy (non-hydrogen) atoms. The molecule has 1 aliphatic rings. The van der Waals surface area contributed by atoms with Gasteiger partial charge in [0.05, 0.1) is 6.04 Å². The summed E-state index contributed by atoms with van der Waals surface area (Å²) in [5, 5.41) is 5.66. The van der Waals surface area contributed by atoms with Crippen LogP contribution in [0.15, 0.2) is 18.2 Å². The Labute approximate surface area is 138 Å². The highest BCUT2D eigenvalue weighted by molar-refractivity contribution is 5.91. The number of anilines is 1. The van der Waals surface area contributed by atoms with Gasteiger partial charge in [0.15, 0.2) is 0 Å². The molecule has 1 aliphatic heterocycles. The van der Waals surface area contributed by atoms with Crippen LogP contribution in [0.25, 0.3) is 0 Å². The van der Waals surface area contributed by atoms with Crippen LogP contribution in [0.2, 0.25) is 0 Å². The predicted octanol–water partition coefficient (Wildman–Crippen LogP) is 2.23. The van der Waals surface area contributed by atoms with E-state index < -0.39 is 0 Å². The second kappa shape index (κ2) is 8.11. The number of likely N-dealkylation sites (tertiary alicyclic amines) is 1. The maximum atomic E-state index is 12.2.